The number of benzene rings is 2. The molecular formula is C26H31FN2O3. The van der Waals surface area contributed by atoms with Crippen LogP contribution in [0.4, 0.5) is 4.39 Å². The van der Waals surface area contributed by atoms with E-state index in [-0.39, 0.29) is 23.7 Å². The van der Waals surface area contributed by atoms with E-state index in [1.807, 2.05) is 43.3 Å². The highest BCUT2D eigenvalue weighted by Crippen LogP contribution is 2.29. The summed E-state index contributed by atoms with van der Waals surface area (Å²) in [6.45, 7) is 4.53. The van der Waals surface area contributed by atoms with Crippen LogP contribution < -0.4 is 4.74 Å². The Morgan fingerprint density at radius 3 is 2.44 bits per heavy atom. The Balaban J connectivity index is 1.96. The van der Waals surface area contributed by atoms with Gasteiger partial charge in [0.2, 0.25) is 11.8 Å². The van der Waals surface area contributed by atoms with E-state index in [2.05, 4.69) is 0 Å². The van der Waals surface area contributed by atoms with Crippen LogP contribution in [0.15, 0.2) is 60.7 Å². The van der Waals surface area contributed by atoms with E-state index in [0.29, 0.717) is 19.5 Å². The van der Waals surface area contributed by atoms with Crippen LogP contribution >= 0.6 is 0 Å². The number of unbranched alkanes of at least 4 members (excludes halogenated alkanes) is 1. The Bertz CT molecular complexity index is 941. The SMILES string of the molecule is CCCCC(=O)N1C/C=C\C(c2ccc(OC)cc2)N(Cc2ccc(F)cc2)C(=O)[C@@H]1C. The molecule has 170 valence electrons. The number of methoxy groups -OCH3 is 1. The normalized spacial score (nSPS) is 19.9. The number of rotatable bonds is 7. The third kappa shape index (κ3) is 5.55. The first kappa shape index (κ1) is 23.5. The van der Waals surface area contributed by atoms with Crippen molar-refractivity contribution >= 4 is 11.8 Å². The summed E-state index contributed by atoms with van der Waals surface area (Å²) in [5, 5.41) is 0. The van der Waals surface area contributed by atoms with Gasteiger partial charge in [0.25, 0.3) is 0 Å². The predicted molar refractivity (Wildman–Crippen MR) is 123 cm³/mol. The van der Waals surface area contributed by atoms with Crippen molar-refractivity contribution in [1.82, 2.24) is 9.80 Å². The van der Waals surface area contributed by atoms with Crippen molar-refractivity contribution in [2.75, 3.05) is 13.7 Å². The van der Waals surface area contributed by atoms with Crippen LogP contribution in [0.25, 0.3) is 0 Å². The number of amides is 2. The van der Waals surface area contributed by atoms with Crippen molar-refractivity contribution < 1.29 is 18.7 Å². The van der Waals surface area contributed by atoms with Crippen LogP contribution in [0.5, 0.6) is 5.75 Å². The number of carbonyl (C=O) groups is 2. The summed E-state index contributed by atoms with van der Waals surface area (Å²) in [5.74, 6) is 0.271. The van der Waals surface area contributed by atoms with Crippen molar-refractivity contribution in [2.24, 2.45) is 0 Å². The summed E-state index contributed by atoms with van der Waals surface area (Å²) in [6.07, 6.45) is 6.08. The van der Waals surface area contributed by atoms with Gasteiger partial charge in [-0.15, -0.1) is 0 Å². The number of hydrogen-bond donors (Lipinski definition) is 0. The minimum absolute atomic E-state index is 0.0121. The van der Waals surface area contributed by atoms with Crippen molar-refractivity contribution in [1.29, 1.82) is 0 Å². The van der Waals surface area contributed by atoms with Crippen molar-refractivity contribution in [2.45, 2.75) is 51.7 Å². The first-order valence-electron chi connectivity index (χ1n) is 11.1. The lowest BCUT2D eigenvalue weighted by Crippen LogP contribution is -2.51. The molecule has 0 aromatic heterocycles. The van der Waals surface area contributed by atoms with E-state index in [1.165, 1.54) is 12.1 Å². The summed E-state index contributed by atoms with van der Waals surface area (Å²) in [7, 11) is 1.61. The Labute approximate surface area is 189 Å². The molecule has 2 atom stereocenters. The fraction of sp³-hybridized carbons (Fsp3) is 0.385. The van der Waals surface area contributed by atoms with Gasteiger partial charge in [0, 0.05) is 19.5 Å². The van der Waals surface area contributed by atoms with Gasteiger partial charge < -0.3 is 14.5 Å². The zero-order valence-electron chi connectivity index (χ0n) is 19.0. The number of halogens is 1. The smallest absolute Gasteiger partial charge is 0.246 e. The van der Waals surface area contributed by atoms with E-state index in [9.17, 15) is 14.0 Å². The lowest BCUT2D eigenvalue weighted by molar-refractivity contribution is -0.146. The van der Waals surface area contributed by atoms with E-state index < -0.39 is 6.04 Å². The Morgan fingerprint density at radius 2 is 1.81 bits per heavy atom. The first-order valence-corrected chi connectivity index (χ1v) is 11.1. The molecule has 2 aromatic rings. The molecule has 1 aliphatic heterocycles. The fourth-order valence-electron chi connectivity index (χ4n) is 3.92. The molecule has 3 rings (SSSR count). The van der Waals surface area contributed by atoms with Crippen LogP contribution in [0.2, 0.25) is 0 Å². The van der Waals surface area contributed by atoms with Gasteiger partial charge in [-0.05, 0) is 48.7 Å². The molecule has 1 aliphatic rings. The monoisotopic (exact) mass is 438 g/mol. The van der Waals surface area contributed by atoms with Crippen LogP contribution in [0, 0.1) is 5.82 Å². The first-order chi connectivity index (χ1) is 15.4. The summed E-state index contributed by atoms with van der Waals surface area (Å²) in [6, 6.07) is 12.9. The Morgan fingerprint density at radius 1 is 1.12 bits per heavy atom. The molecule has 0 bridgehead atoms. The zero-order chi connectivity index (χ0) is 23.1. The molecule has 2 amide bonds. The van der Waals surface area contributed by atoms with Crippen molar-refractivity contribution in [3.8, 4) is 5.75 Å². The molecule has 0 aliphatic carbocycles. The molecule has 1 heterocycles. The maximum absolute atomic E-state index is 13.7. The summed E-state index contributed by atoms with van der Waals surface area (Å²) in [4.78, 5) is 29.8. The second kappa shape index (κ2) is 10.9. The predicted octanol–water partition coefficient (Wildman–Crippen LogP) is 4.88. The molecule has 0 radical (unpaired) electrons. The highest BCUT2D eigenvalue weighted by atomic mass is 19.1. The summed E-state index contributed by atoms with van der Waals surface area (Å²) in [5.41, 5.74) is 1.76. The zero-order valence-corrected chi connectivity index (χ0v) is 19.0. The van der Waals surface area contributed by atoms with Gasteiger partial charge in [-0.25, -0.2) is 4.39 Å². The second-order valence-corrected chi connectivity index (χ2v) is 8.06. The standard InChI is InChI=1S/C26H31FN2O3/c1-4-5-8-25(30)28-17-6-7-24(21-11-15-23(32-3)16-12-21)29(26(31)19(28)2)18-20-9-13-22(27)14-10-20/h6-7,9-16,19,24H,4-5,8,17-18H2,1-3H3/b7-6-/t19-,24?/m0/s1. The number of hydrogen-bond acceptors (Lipinski definition) is 3. The number of ether oxygens (including phenoxy) is 1. The molecule has 6 heteroatoms. The second-order valence-electron chi connectivity index (χ2n) is 8.06. The number of nitrogens with zero attached hydrogens (tertiary/aromatic N) is 2. The summed E-state index contributed by atoms with van der Waals surface area (Å²) >= 11 is 0. The molecule has 0 fully saturated rings. The lowest BCUT2D eigenvalue weighted by Gasteiger charge is -2.38. The summed E-state index contributed by atoms with van der Waals surface area (Å²) < 4.78 is 18.7. The molecule has 0 saturated carbocycles. The van der Waals surface area contributed by atoms with Gasteiger partial charge in [0.1, 0.15) is 17.6 Å². The van der Waals surface area contributed by atoms with E-state index in [4.69, 9.17) is 4.74 Å². The molecular weight excluding hydrogens is 407 g/mol. The average molecular weight is 439 g/mol. The van der Waals surface area contributed by atoms with E-state index in [0.717, 1.165) is 29.7 Å². The highest BCUT2D eigenvalue weighted by molar-refractivity contribution is 5.88. The minimum atomic E-state index is -0.592. The average Bonchev–Trinajstić information content (AvgIpc) is 2.81. The van der Waals surface area contributed by atoms with E-state index >= 15 is 0 Å². The quantitative estimate of drug-likeness (QED) is 0.579. The molecule has 0 N–H and O–H groups in total. The third-order valence-corrected chi connectivity index (χ3v) is 5.85. The maximum atomic E-state index is 13.7. The van der Waals surface area contributed by atoms with Gasteiger partial charge in [-0.3, -0.25) is 9.59 Å². The van der Waals surface area contributed by atoms with Crippen molar-refractivity contribution in [3.05, 3.63) is 77.6 Å². The molecule has 5 nitrogen and oxygen atoms in total. The maximum Gasteiger partial charge on any atom is 0.246 e. The topological polar surface area (TPSA) is 49.9 Å². The van der Waals surface area contributed by atoms with Crippen LogP contribution in [-0.2, 0) is 16.1 Å². The van der Waals surface area contributed by atoms with Crippen LogP contribution in [0.3, 0.4) is 0 Å². The Hall–Kier alpha value is -3.15. The fourth-order valence-corrected chi connectivity index (χ4v) is 3.92. The largest absolute Gasteiger partial charge is 0.497 e. The molecule has 0 saturated heterocycles. The van der Waals surface area contributed by atoms with E-state index in [1.54, 1.807) is 36.0 Å². The van der Waals surface area contributed by atoms with Crippen LogP contribution in [-0.4, -0.2) is 41.3 Å². The van der Waals surface area contributed by atoms with Crippen LogP contribution in [0.1, 0.15) is 50.3 Å². The van der Waals surface area contributed by atoms with Gasteiger partial charge in [-0.2, -0.15) is 0 Å². The molecule has 32 heavy (non-hydrogen) atoms. The van der Waals surface area contributed by atoms with Gasteiger partial charge in [-0.1, -0.05) is 49.8 Å². The number of carbonyl (C=O) groups excluding carboxylic acids is 2. The minimum Gasteiger partial charge on any atom is -0.497 e. The van der Waals surface area contributed by atoms with Crippen molar-refractivity contribution in [3.63, 3.8) is 0 Å². The highest BCUT2D eigenvalue weighted by Gasteiger charge is 2.33. The van der Waals surface area contributed by atoms with Gasteiger partial charge in [0.15, 0.2) is 0 Å². The Kier molecular flexibility index (Phi) is 8.03. The molecule has 2 aromatic carbocycles. The molecule has 1 unspecified atom stereocenters. The lowest BCUT2D eigenvalue weighted by atomic mass is 10.00. The third-order valence-electron chi connectivity index (χ3n) is 5.85. The molecule has 0 spiro atoms. The van der Waals surface area contributed by atoms with Gasteiger partial charge >= 0.3 is 0 Å². The van der Waals surface area contributed by atoms with Gasteiger partial charge in [0.05, 0.1) is 13.2 Å².